The van der Waals surface area contributed by atoms with Crippen LogP contribution in [-0.2, 0) is 0 Å². The van der Waals surface area contributed by atoms with E-state index in [9.17, 15) is 0 Å². The number of ether oxygens (including phenoxy) is 1. The summed E-state index contributed by atoms with van der Waals surface area (Å²) in [5.74, 6) is 0.990. The molecule has 0 radical (unpaired) electrons. The molecule has 2 heteroatoms. The fraction of sp³-hybridized carbons (Fsp3) is 0.364. The van der Waals surface area contributed by atoms with Gasteiger partial charge in [-0.05, 0) is 59.4 Å². The van der Waals surface area contributed by atoms with Crippen molar-refractivity contribution in [3.63, 3.8) is 0 Å². The number of benzene rings is 3. The quantitative estimate of drug-likeness (QED) is 0.604. The van der Waals surface area contributed by atoms with E-state index in [-0.39, 0.29) is 0 Å². The minimum atomic E-state index is 0.742. The molecule has 2 aliphatic heterocycles. The van der Waals surface area contributed by atoms with Gasteiger partial charge in [0.25, 0.3) is 0 Å². The average molecular weight is 317 g/mol. The summed E-state index contributed by atoms with van der Waals surface area (Å²) in [4.78, 5) is 2.59. The predicted molar refractivity (Wildman–Crippen MR) is 99.4 cm³/mol. The summed E-state index contributed by atoms with van der Waals surface area (Å²) in [6, 6.07) is 21.0. The van der Waals surface area contributed by atoms with Crippen LogP contribution in [0.2, 0.25) is 0 Å². The molecular weight excluding hydrogens is 294 g/mol. The fourth-order valence-electron chi connectivity index (χ4n) is 4.65. The molecule has 2 heterocycles. The number of hydrogen-bond acceptors (Lipinski definition) is 2. The summed E-state index contributed by atoms with van der Waals surface area (Å²) in [5, 5.41) is 5.15. The first-order valence-electron chi connectivity index (χ1n) is 9.18. The molecule has 2 unspecified atom stereocenters. The molecular formula is C22H23NO. The monoisotopic (exact) mass is 317 g/mol. The van der Waals surface area contributed by atoms with Gasteiger partial charge in [-0.1, -0.05) is 48.9 Å². The molecule has 122 valence electrons. The highest BCUT2D eigenvalue weighted by molar-refractivity contribution is 6.07. The van der Waals surface area contributed by atoms with Crippen LogP contribution in [0.3, 0.4) is 0 Å². The minimum absolute atomic E-state index is 0.742. The maximum Gasteiger partial charge on any atom is 0.142 e. The molecule has 0 saturated carbocycles. The molecule has 0 amide bonds. The molecule has 0 N–H and O–H groups in total. The van der Waals surface area contributed by atoms with E-state index in [1.165, 1.54) is 53.6 Å². The molecule has 2 nitrogen and oxygen atoms in total. The van der Waals surface area contributed by atoms with Crippen molar-refractivity contribution in [1.82, 2.24) is 4.90 Å². The molecule has 3 aromatic carbocycles. The maximum atomic E-state index is 6.21. The second kappa shape index (κ2) is 5.78. The van der Waals surface area contributed by atoms with E-state index in [4.69, 9.17) is 4.74 Å². The van der Waals surface area contributed by atoms with Crippen LogP contribution in [0, 0.1) is 0 Å². The van der Waals surface area contributed by atoms with Crippen molar-refractivity contribution in [2.75, 3.05) is 6.73 Å². The molecule has 5 rings (SSSR count). The summed E-state index contributed by atoms with van der Waals surface area (Å²) in [7, 11) is 0. The van der Waals surface area contributed by atoms with Crippen LogP contribution in [0.15, 0.2) is 54.6 Å². The topological polar surface area (TPSA) is 12.5 Å². The van der Waals surface area contributed by atoms with Gasteiger partial charge in [0.1, 0.15) is 12.5 Å². The van der Waals surface area contributed by atoms with Crippen LogP contribution in [0.1, 0.15) is 32.1 Å². The molecule has 0 spiro atoms. The summed E-state index contributed by atoms with van der Waals surface area (Å²) in [6.45, 7) is 0.742. The summed E-state index contributed by atoms with van der Waals surface area (Å²) in [5.41, 5.74) is 0. The van der Waals surface area contributed by atoms with Gasteiger partial charge < -0.3 is 4.74 Å². The molecule has 2 bridgehead atoms. The third kappa shape index (κ3) is 2.37. The highest BCUT2D eigenvalue weighted by Gasteiger charge is 2.36. The minimum Gasteiger partial charge on any atom is -0.478 e. The Labute approximate surface area is 143 Å². The van der Waals surface area contributed by atoms with Crippen LogP contribution in [-0.4, -0.2) is 23.7 Å². The van der Waals surface area contributed by atoms with Gasteiger partial charge in [0.2, 0.25) is 0 Å². The predicted octanol–water partition coefficient (Wildman–Crippen LogP) is 5.35. The average Bonchev–Trinajstić information content (AvgIpc) is 2.86. The number of rotatable bonds is 3. The summed E-state index contributed by atoms with van der Waals surface area (Å²) < 4.78 is 6.21. The first-order chi connectivity index (χ1) is 11.9. The van der Waals surface area contributed by atoms with Crippen LogP contribution < -0.4 is 4.74 Å². The van der Waals surface area contributed by atoms with Crippen molar-refractivity contribution in [1.29, 1.82) is 0 Å². The van der Waals surface area contributed by atoms with Crippen molar-refractivity contribution >= 4 is 21.5 Å². The Bertz CT molecular complexity index is 871. The zero-order valence-corrected chi connectivity index (χ0v) is 13.9. The highest BCUT2D eigenvalue weighted by atomic mass is 16.5. The van der Waals surface area contributed by atoms with Crippen LogP contribution in [0.4, 0.5) is 0 Å². The largest absolute Gasteiger partial charge is 0.478 e. The van der Waals surface area contributed by atoms with E-state index < -0.39 is 0 Å². The Morgan fingerprint density at radius 3 is 2.33 bits per heavy atom. The van der Waals surface area contributed by atoms with Crippen molar-refractivity contribution in [2.45, 2.75) is 44.2 Å². The smallest absolute Gasteiger partial charge is 0.142 e. The van der Waals surface area contributed by atoms with Crippen molar-refractivity contribution in [2.24, 2.45) is 0 Å². The van der Waals surface area contributed by atoms with E-state index in [1.54, 1.807) is 0 Å². The van der Waals surface area contributed by atoms with Gasteiger partial charge in [-0.25, -0.2) is 0 Å². The Morgan fingerprint density at radius 1 is 0.792 bits per heavy atom. The maximum absolute atomic E-state index is 6.21. The second-order valence-corrected chi connectivity index (χ2v) is 7.27. The van der Waals surface area contributed by atoms with Gasteiger partial charge in [-0.2, -0.15) is 0 Å². The third-order valence-corrected chi connectivity index (χ3v) is 5.94. The van der Waals surface area contributed by atoms with Gasteiger partial charge in [-0.15, -0.1) is 0 Å². The van der Waals surface area contributed by atoms with Gasteiger partial charge >= 0.3 is 0 Å². The molecule has 2 fully saturated rings. The fourth-order valence-corrected chi connectivity index (χ4v) is 4.65. The zero-order chi connectivity index (χ0) is 15.9. The van der Waals surface area contributed by atoms with E-state index in [1.807, 2.05) is 0 Å². The Kier molecular flexibility index (Phi) is 3.45. The second-order valence-electron chi connectivity index (χ2n) is 7.27. The van der Waals surface area contributed by atoms with Gasteiger partial charge in [-0.3, -0.25) is 4.90 Å². The van der Waals surface area contributed by atoms with Crippen molar-refractivity contribution in [3.05, 3.63) is 54.6 Å². The standard InChI is InChI=1S/C22H23NO/c1-2-7-21-16(4-1)8-9-17-10-13-20(14-22(17)21)24-15-23-18-5-3-6-19(23)12-11-18/h1-2,4,7-10,13-14,18-19H,3,5-6,11-12,15H2. The highest BCUT2D eigenvalue weighted by Crippen LogP contribution is 2.35. The Morgan fingerprint density at radius 2 is 1.50 bits per heavy atom. The molecule has 0 aliphatic carbocycles. The van der Waals surface area contributed by atoms with Crippen LogP contribution in [0.5, 0.6) is 5.75 Å². The van der Waals surface area contributed by atoms with Crippen molar-refractivity contribution < 1.29 is 4.74 Å². The number of piperidine rings is 1. The number of hydrogen-bond donors (Lipinski definition) is 0. The van der Waals surface area contributed by atoms with E-state index in [0.717, 1.165) is 24.6 Å². The third-order valence-electron chi connectivity index (χ3n) is 5.94. The number of nitrogens with zero attached hydrogens (tertiary/aromatic N) is 1. The van der Waals surface area contributed by atoms with Gasteiger partial charge in [0.15, 0.2) is 0 Å². The molecule has 2 saturated heterocycles. The summed E-state index contributed by atoms with van der Waals surface area (Å²) >= 11 is 0. The normalized spacial score (nSPS) is 23.8. The lowest BCUT2D eigenvalue weighted by molar-refractivity contribution is 0.0518. The van der Waals surface area contributed by atoms with Crippen LogP contribution in [0.25, 0.3) is 21.5 Å². The number of fused-ring (bicyclic) bond motifs is 5. The SMILES string of the molecule is c1ccc2c(c1)ccc1ccc(OCN3C4CCCC3CC4)cc12. The first-order valence-corrected chi connectivity index (χ1v) is 9.18. The Balaban J connectivity index is 1.44. The molecule has 3 aromatic rings. The Hall–Kier alpha value is -2.06. The molecule has 0 aromatic heterocycles. The van der Waals surface area contributed by atoms with E-state index in [2.05, 4.69) is 59.5 Å². The molecule has 24 heavy (non-hydrogen) atoms. The lowest BCUT2D eigenvalue weighted by Crippen LogP contribution is -2.41. The van der Waals surface area contributed by atoms with Crippen LogP contribution >= 0.6 is 0 Å². The van der Waals surface area contributed by atoms with E-state index >= 15 is 0 Å². The van der Waals surface area contributed by atoms with Gasteiger partial charge in [0.05, 0.1) is 0 Å². The molecule has 2 aliphatic rings. The first kappa shape index (κ1) is 14.3. The zero-order valence-electron chi connectivity index (χ0n) is 13.9. The van der Waals surface area contributed by atoms with E-state index in [0.29, 0.717) is 0 Å². The lowest BCUT2D eigenvalue weighted by atomic mass is 10.0. The van der Waals surface area contributed by atoms with Gasteiger partial charge in [0, 0.05) is 12.1 Å². The molecule has 2 atom stereocenters. The lowest BCUT2D eigenvalue weighted by Gasteiger charge is -2.34. The van der Waals surface area contributed by atoms with Crippen molar-refractivity contribution in [3.8, 4) is 5.75 Å². The summed E-state index contributed by atoms with van der Waals surface area (Å²) in [6.07, 6.45) is 6.81.